The van der Waals surface area contributed by atoms with Gasteiger partial charge in [0.2, 0.25) is 10.0 Å². The van der Waals surface area contributed by atoms with Crippen LogP contribution in [0, 0.1) is 0 Å². The number of carbonyl (C=O) groups is 1. The fourth-order valence-corrected chi connectivity index (χ4v) is 4.07. The van der Waals surface area contributed by atoms with E-state index >= 15 is 0 Å². The lowest BCUT2D eigenvalue weighted by molar-refractivity contribution is 0.0697. The van der Waals surface area contributed by atoms with Gasteiger partial charge in [0.15, 0.2) is 0 Å². The van der Waals surface area contributed by atoms with Crippen molar-refractivity contribution in [1.29, 1.82) is 0 Å². The number of hydrogen-bond donors (Lipinski definition) is 2. The van der Waals surface area contributed by atoms with E-state index in [0.29, 0.717) is 31.1 Å². The molecule has 0 aliphatic carbocycles. The monoisotopic (exact) mass is 376 g/mol. The first-order valence-electron chi connectivity index (χ1n) is 8.50. The van der Waals surface area contributed by atoms with Gasteiger partial charge in [-0.25, -0.2) is 13.2 Å². The summed E-state index contributed by atoms with van der Waals surface area (Å²) in [6.45, 7) is 5.72. The van der Waals surface area contributed by atoms with E-state index in [-0.39, 0.29) is 5.56 Å². The van der Waals surface area contributed by atoms with Crippen LogP contribution in [-0.4, -0.2) is 36.9 Å². The third-order valence-corrected chi connectivity index (χ3v) is 6.19. The van der Waals surface area contributed by atoms with E-state index in [1.165, 1.54) is 4.31 Å². The highest BCUT2D eigenvalue weighted by Crippen LogP contribution is 2.16. The lowest BCUT2D eigenvalue weighted by Gasteiger charge is -2.18. The molecule has 7 heteroatoms. The molecule has 2 N–H and O–H groups in total. The van der Waals surface area contributed by atoms with Gasteiger partial charge in [-0.2, -0.15) is 4.31 Å². The van der Waals surface area contributed by atoms with Crippen molar-refractivity contribution in [3.05, 3.63) is 65.2 Å². The van der Waals surface area contributed by atoms with Gasteiger partial charge in [0.25, 0.3) is 0 Å². The van der Waals surface area contributed by atoms with Crippen LogP contribution in [0.1, 0.15) is 35.3 Å². The van der Waals surface area contributed by atoms with Crippen LogP contribution in [0.5, 0.6) is 0 Å². The van der Waals surface area contributed by atoms with Crippen LogP contribution in [0.25, 0.3) is 0 Å². The average Bonchev–Trinajstić information content (AvgIpc) is 2.63. The second kappa shape index (κ2) is 8.93. The molecule has 0 saturated heterocycles. The van der Waals surface area contributed by atoms with Gasteiger partial charge in [-0.05, 0) is 35.4 Å². The van der Waals surface area contributed by atoms with E-state index in [1.54, 1.807) is 48.5 Å². The van der Waals surface area contributed by atoms with Gasteiger partial charge in [-0.15, -0.1) is 0 Å². The van der Waals surface area contributed by atoms with Gasteiger partial charge >= 0.3 is 5.97 Å². The molecule has 2 aromatic carbocycles. The molecule has 0 saturated carbocycles. The summed E-state index contributed by atoms with van der Waals surface area (Å²) >= 11 is 0. The topological polar surface area (TPSA) is 86.7 Å². The molecule has 140 valence electrons. The van der Waals surface area contributed by atoms with E-state index in [0.717, 1.165) is 11.1 Å². The van der Waals surface area contributed by atoms with E-state index in [2.05, 4.69) is 5.32 Å². The predicted molar refractivity (Wildman–Crippen MR) is 100 cm³/mol. The van der Waals surface area contributed by atoms with Crippen LogP contribution in [0.15, 0.2) is 53.4 Å². The van der Waals surface area contributed by atoms with Crippen LogP contribution in [0.4, 0.5) is 0 Å². The van der Waals surface area contributed by atoms with Crippen molar-refractivity contribution >= 4 is 16.0 Å². The summed E-state index contributed by atoms with van der Waals surface area (Å²) in [5.41, 5.74) is 2.22. The molecule has 0 fully saturated rings. The fourth-order valence-electron chi connectivity index (χ4n) is 2.61. The summed E-state index contributed by atoms with van der Waals surface area (Å²) < 4.78 is 26.3. The van der Waals surface area contributed by atoms with Gasteiger partial charge in [0.05, 0.1) is 10.5 Å². The number of benzene rings is 2. The van der Waals surface area contributed by atoms with E-state index in [4.69, 9.17) is 5.11 Å². The maximum Gasteiger partial charge on any atom is 0.335 e. The normalized spacial score (nSPS) is 11.7. The molecule has 26 heavy (non-hydrogen) atoms. The van der Waals surface area contributed by atoms with Crippen molar-refractivity contribution in [2.24, 2.45) is 0 Å². The second-order valence-electron chi connectivity index (χ2n) is 5.84. The highest BCUT2D eigenvalue weighted by atomic mass is 32.2. The largest absolute Gasteiger partial charge is 0.478 e. The number of rotatable bonds is 9. The smallest absolute Gasteiger partial charge is 0.335 e. The molecule has 0 atom stereocenters. The molecule has 0 unspecified atom stereocenters. The van der Waals surface area contributed by atoms with Crippen LogP contribution >= 0.6 is 0 Å². The molecule has 0 amide bonds. The molecule has 6 nitrogen and oxygen atoms in total. The predicted octanol–water partition coefficient (Wildman–Crippen LogP) is 2.71. The highest BCUT2D eigenvalue weighted by Gasteiger charge is 2.20. The quantitative estimate of drug-likeness (QED) is 0.703. The molecule has 0 spiro atoms. The number of sulfonamides is 1. The Hall–Kier alpha value is -2.22. The highest BCUT2D eigenvalue weighted by molar-refractivity contribution is 7.89. The van der Waals surface area contributed by atoms with Crippen LogP contribution < -0.4 is 5.32 Å². The van der Waals surface area contributed by atoms with Crippen molar-refractivity contribution in [3.63, 3.8) is 0 Å². The number of hydrogen-bond acceptors (Lipinski definition) is 4. The zero-order valence-corrected chi connectivity index (χ0v) is 15.8. The third kappa shape index (κ3) is 4.91. The molecule has 0 heterocycles. The minimum Gasteiger partial charge on any atom is -0.478 e. The van der Waals surface area contributed by atoms with Gasteiger partial charge in [-0.1, -0.05) is 38.1 Å². The Balaban J connectivity index is 1.94. The zero-order chi connectivity index (χ0) is 19.2. The molecule has 2 rings (SSSR count). The minimum absolute atomic E-state index is 0.263. The Morgan fingerprint density at radius 2 is 1.38 bits per heavy atom. The lowest BCUT2D eigenvalue weighted by atomic mass is 10.1. The standard InChI is InChI=1S/C19H24N2O4S/c1-3-21(4-2)26(24,25)18-11-7-16(8-12-18)14-20-13-15-5-9-17(10-6-15)19(22)23/h5-12,20H,3-4,13-14H2,1-2H3,(H,22,23). The molecular formula is C19H24N2O4S. The fraction of sp³-hybridized carbons (Fsp3) is 0.316. The lowest BCUT2D eigenvalue weighted by Crippen LogP contribution is -2.30. The Morgan fingerprint density at radius 1 is 0.923 bits per heavy atom. The third-order valence-electron chi connectivity index (χ3n) is 4.13. The van der Waals surface area contributed by atoms with Gasteiger partial charge < -0.3 is 10.4 Å². The Kier molecular flexibility index (Phi) is 6.90. The molecule has 0 radical (unpaired) electrons. The van der Waals surface area contributed by atoms with E-state index in [1.807, 2.05) is 13.8 Å². The van der Waals surface area contributed by atoms with Gasteiger partial charge in [-0.3, -0.25) is 0 Å². The maximum absolute atomic E-state index is 12.4. The Morgan fingerprint density at radius 3 is 1.81 bits per heavy atom. The van der Waals surface area contributed by atoms with Crippen molar-refractivity contribution in [1.82, 2.24) is 9.62 Å². The SMILES string of the molecule is CCN(CC)S(=O)(=O)c1ccc(CNCc2ccc(C(=O)O)cc2)cc1. The zero-order valence-electron chi connectivity index (χ0n) is 15.0. The van der Waals surface area contributed by atoms with Gasteiger partial charge in [0, 0.05) is 26.2 Å². The summed E-state index contributed by atoms with van der Waals surface area (Å²) in [4.78, 5) is 11.1. The number of carboxylic acids is 1. The Bertz CT molecular complexity index is 827. The Labute approximate surface area is 154 Å². The molecule has 0 aliphatic rings. The van der Waals surface area contributed by atoms with E-state index < -0.39 is 16.0 Å². The summed E-state index contributed by atoms with van der Waals surface area (Å²) in [6, 6.07) is 13.6. The summed E-state index contributed by atoms with van der Waals surface area (Å²) in [6.07, 6.45) is 0. The van der Waals surface area contributed by atoms with Crippen molar-refractivity contribution in [2.45, 2.75) is 31.8 Å². The summed E-state index contributed by atoms with van der Waals surface area (Å²) in [5.74, 6) is -0.940. The summed E-state index contributed by atoms with van der Waals surface area (Å²) in [5, 5.41) is 12.1. The molecule has 2 aromatic rings. The minimum atomic E-state index is -3.43. The van der Waals surface area contributed by atoms with E-state index in [9.17, 15) is 13.2 Å². The number of nitrogens with one attached hydrogen (secondary N) is 1. The number of carboxylic acid groups (broad SMARTS) is 1. The first-order chi connectivity index (χ1) is 12.4. The van der Waals surface area contributed by atoms with Crippen molar-refractivity contribution in [3.8, 4) is 0 Å². The van der Waals surface area contributed by atoms with Gasteiger partial charge in [0.1, 0.15) is 0 Å². The number of aromatic carboxylic acids is 1. The first kappa shape index (κ1) is 20.1. The van der Waals surface area contributed by atoms with Crippen LogP contribution in [-0.2, 0) is 23.1 Å². The van der Waals surface area contributed by atoms with Crippen molar-refractivity contribution in [2.75, 3.05) is 13.1 Å². The van der Waals surface area contributed by atoms with Crippen LogP contribution in [0.3, 0.4) is 0 Å². The molecular weight excluding hydrogens is 352 g/mol. The van der Waals surface area contributed by atoms with Crippen LogP contribution in [0.2, 0.25) is 0 Å². The average molecular weight is 376 g/mol. The second-order valence-corrected chi connectivity index (χ2v) is 7.78. The first-order valence-corrected chi connectivity index (χ1v) is 9.94. The molecule has 0 aliphatic heterocycles. The number of nitrogens with zero attached hydrogens (tertiary/aromatic N) is 1. The summed E-state index contributed by atoms with van der Waals surface area (Å²) in [7, 11) is -3.43. The van der Waals surface area contributed by atoms with Crippen molar-refractivity contribution < 1.29 is 18.3 Å². The molecule has 0 aromatic heterocycles. The maximum atomic E-state index is 12.4. The molecule has 0 bridgehead atoms.